The Morgan fingerprint density at radius 3 is 2.85 bits per heavy atom. The third-order valence-corrected chi connectivity index (χ3v) is 5.85. The van der Waals surface area contributed by atoms with Crippen LogP contribution in [0.4, 0.5) is 5.82 Å². The number of amides is 1. The van der Waals surface area contributed by atoms with Crippen molar-refractivity contribution in [3.63, 3.8) is 0 Å². The molecule has 144 valence electrons. The van der Waals surface area contributed by atoms with Crippen molar-refractivity contribution in [3.05, 3.63) is 35.0 Å². The second kappa shape index (κ2) is 6.86. The molecule has 0 saturated heterocycles. The van der Waals surface area contributed by atoms with Crippen molar-refractivity contribution in [2.75, 3.05) is 31.3 Å². The van der Waals surface area contributed by atoms with E-state index < -0.39 is 10.0 Å². The number of benzene rings is 1. The Kier molecular flexibility index (Phi) is 4.52. The predicted molar refractivity (Wildman–Crippen MR) is 97.3 cm³/mol. The quantitative estimate of drug-likeness (QED) is 0.791. The lowest BCUT2D eigenvalue weighted by Crippen LogP contribution is -2.35. The van der Waals surface area contributed by atoms with Crippen molar-refractivity contribution < 1.29 is 22.7 Å². The molecule has 0 radical (unpaired) electrons. The lowest BCUT2D eigenvalue weighted by atomic mass is 10.1. The van der Waals surface area contributed by atoms with Crippen LogP contribution in [0.5, 0.6) is 11.5 Å². The highest BCUT2D eigenvalue weighted by Gasteiger charge is 2.27. The molecule has 1 aromatic carbocycles. The number of H-pyrrole nitrogens is 1. The van der Waals surface area contributed by atoms with Crippen molar-refractivity contribution in [2.45, 2.75) is 19.4 Å². The minimum absolute atomic E-state index is 0.147. The van der Waals surface area contributed by atoms with E-state index in [2.05, 4.69) is 15.5 Å². The van der Waals surface area contributed by atoms with Gasteiger partial charge in [-0.1, -0.05) is 6.07 Å². The van der Waals surface area contributed by atoms with Gasteiger partial charge in [-0.3, -0.25) is 9.89 Å². The molecule has 0 unspecified atom stereocenters. The maximum atomic E-state index is 12.4. The summed E-state index contributed by atoms with van der Waals surface area (Å²) < 4.78 is 36.0. The fraction of sp³-hybridized carbons (Fsp3) is 0.412. The van der Waals surface area contributed by atoms with E-state index in [1.807, 2.05) is 6.07 Å². The summed E-state index contributed by atoms with van der Waals surface area (Å²) in [5.74, 6) is 1.44. The molecule has 2 N–H and O–H groups in total. The second-order valence-electron chi connectivity index (χ2n) is 6.58. The number of fused-ring (bicyclic) bond motifs is 2. The first kappa shape index (κ1) is 17.8. The average Bonchev–Trinajstić information content (AvgIpc) is 3.03. The fourth-order valence-electron chi connectivity index (χ4n) is 3.22. The molecule has 0 spiro atoms. The smallest absolute Gasteiger partial charge is 0.230 e. The van der Waals surface area contributed by atoms with E-state index in [9.17, 15) is 13.2 Å². The molecule has 3 heterocycles. The summed E-state index contributed by atoms with van der Waals surface area (Å²) in [6, 6.07) is 5.40. The van der Waals surface area contributed by atoms with E-state index in [1.54, 1.807) is 12.1 Å². The van der Waals surface area contributed by atoms with Crippen LogP contribution in [-0.4, -0.2) is 54.8 Å². The number of nitrogens with one attached hydrogen (secondary N) is 2. The Hall–Kier alpha value is -2.59. The van der Waals surface area contributed by atoms with E-state index in [1.165, 1.54) is 10.6 Å². The molecule has 2 aliphatic rings. The highest BCUT2D eigenvalue weighted by atomic mass is 32.2. The SMILES string of the molecule is CS(=O)(=O)N1CCc2[nH]nc(NC(=O)Cc3ccc4c(c3)OCCO4)c2C1. The van der Waals surface area contributed by atoms with Gasteiger partial charge in [0.2, 0.25) is 15.9 Å². The van der Waals surface area contributed by atoms with Crippen LogP contribution in [0.1, 0.15) is 16.8 Å². The van der Waals surface area contributed by atoms with Crippen molar-refractivity contribution in [1.29, 1.82) is 0 Å². The number of aromatic amines is 1. The van der Waals surface area contributed by atoms with Gasteiger partial charge in [-0.2, -0.15) is 9.40 Å². The van der Waals surface area contributed by atoms with E-state index >= 15 is 0 Å². The van der Waals surface area contributed by atoms with Crippen molar-refractivity contribution in [1.82, 2.24) is 14.5 Å². The van der Waals surface area contributed by atoms with Crippen molar-refractivity contribution in [2.24, 2.45) is 0 Å². The zero-order chi connectivity index (χ0) is 19.0. The molecule has 10 heteroatoms. The van der Waals surface area contributed by atoms with Crippen molar-refractivity contribution >= 4 is 21.7 Å². The number of ether oxygens (including phenoxy) is 2. The van der Waals surface area contributed by atoms with Crippen LogP contribution >= 0.6 is 0 Å². The van der Waals surface area contributed by atoms with Crippen LogP contribution in [0.2, 0.25) is 0 Å². The molecule has 2 aromatic rings. The molecule has 1 aromatic heterocycles. The van der Waals surface area contributed by atoms with Crippen LogP contribution in [0.25, 0.3) is 0 Å². The first-order valence-electron chi connectivity index (χ1n) is 8.60. The highest BCUT2D eigenvalue weighted by Crippen LogP contribution is 2.31. The largest absolute Gasteiger partial charge is 0.486 e. The number of anilines is 1. The summed E-state index contributed by atoms with van der Waals surface area (Å²) in [4.78, 5) is 12.4. The van der Waals surface area contributed by atoms with Crippen LogP contribution in [0.15, 0.2) is 18.2 Å². The number of carbonyl (C=O) groups is 1. The predicted octanol–water partition coefficient (Wildman–Crippen LogP) is 0.680. The lowest BCUT2D eigenvalue weighted by molar-refractivity contribution is -0.115. The maximum Gasteiger partial charge on any atom is 0.230 e. The molecule has 0 aliphatic carbocycles. The number of aromatic nitrogens is 2. The molecule has 0 atom stereocenters. The normalized spacial score (nSPS) is 16.6. The van der Waals surface area contributed by atoms with Gasteiger partial charge in [0.1, 0.15) is 13.2 Å². The first-order chi connectivity index (χ1) is 12.9. The zero-order valence-electron chi connectivity index (χ0n) is 14.8. The number of hydrogen-bond donors (Lipinski definition) is 2. The summed E-state index contributed by atoms with van der Waals surface area (Å²) >= 11 is 0. The van der Waals surface area contributed by atoms with E-state index in [0.717, 1.165) is 11.3 Å². The molecule has 2 aliphatic heterocycles. The second-order valence-corrected chi connectivity index (χ2v) is 8.56. The van der Waals surface area contributed by atoms with Gasteiger partial charge in [0.15, 0.2) is 17.3 Å². The maximum absolute atomic E-state index is 12.4. The van der Waals surface area contributed by atoms with E-state index in [0.29, 0.717) is 49.1 Å². The number of nitrogens with zero attached hydrogens (tertiary/aromatic N) is 2. The van der Waals surface area contributed by atoms with Gasteiger partial charge in [-0.25, -0.2) is 8.42 Å². The Balaban J connectivity index is 1.46. The molecular weight excluding hydrogens is 372 g/mol. The average molecular weight is 392 g/mol. The topological polar surface area (TPSA) is 114 Å². The van der Waals surface area contributed by atoms with Crippen LogP contribution < -0.4 is 14.8 Å². The summed E-state index contributed by atoms with van der Waals surface area (Å²) in [7, 11) is -3.30. The molecule has 0 bridgehead atoms. The molecular formula is C17H20N4O5S. The van der Waals surface area contributed by atoms with Gasteiger partial charge in [0.25, 0.3) is 0 Å². The van der Waals surface area contributed by atoms with Gasteiger partial charge in [-0.15, -0.1) is 0 Å². The molecule has 0 saturated carbocycles. The van der Waals surface area contributed by atoms with Gasteiger partial charge in [0, 0.05) is 30.8 Å². The minimum atomic E-state index is -3.30. The van der Waals surface area contributed by atoms with Crippen LogP contribution in [0, 0.1) is 0 Å². The monoisotopic (exact) mass is 392 g/mol. The Morgan fingerprint density at radius 2 is 2.07 bits per heavy atom. The third kappa shape index (κ3) is 3.76. The summed E-state index contributed by atoms with van der Waals surface area (Å²) in [5, 5.41) is 9.80. The number of carbonyl (C=O) groups excluding carboxylic acids is 1. The van der Waals surface area contributed by atoms with Gasteiger partial charge >= 0.3 is 0 Å². The highest BCUT2D eigenvalue weighted by molar-refractivity contribution is 7.88. The lowest BCUT2D eigenvalue weighted by Gasteiger charge is -2.24. The summed E-state index contributed by atoms with van der Waals surface area (Å²) in [6.45, 7) is 1.60. The third-order valence-electron chi connectivity index (χ3n) is 4.60. The van der Waals surface area contributed by atoms with Gasteiger partial charge in [-0.05, 0) is 17.7 Å². The molecule has 4 rings (SSSR count). The zero-order valence-corrected chi connectivity index (χ0v) is 15.6. The van der Waals surface area contributed by atoms with Crippen molar-refractivity contribution in [3.8, 4) is 11.5 Å². The molecule has 0 fully saturated rings. The first-order valence-corrected chi connectivity index (χ1v) is 10.4. The fourth-order valence-corrected chi connectivity index (χ4v) is 4.00. The number of rotatable bonds is 4. The Labute approximate surface area is 156 Å². The van der Waals surface area contributed by atoms with Gasteiger partial charge < -0.3 is 14.8 Å². The minimum Gasteiger partial charge on any atom is -0.486 e. The van der Waals surface area contributed by atoms with Gasteiger partial charge in [0.05, 0.1) is 12.7 Å². The molecule has 27 heavy (non-hydrogen) atoms. The standard InChI is InChI=1S/C17H20N4O5S/c1-27(23,24)21-5-4-13-12(10-21)17(20-19-13)18-16(22)9-11-2-3-14-15(8-11)26-7-6-25-14/h2-3,8H,4-7,9-10H2,1H3,(H2,18,19,20,22). The molecule has 9 nitrogen and oxygen atoms in total. The van der Waals surface area contributed by atoms with E-state index in [-0.39, 0.29) is 18.9 Å². The van der Waals surface area contributed by atoms with Crippen LogP contribution in [-0.2, 0) is 34.2 Å². The Morgan fingerprint density at radius 1 is 1.30 bits per heavy atom. The summed E-state index contributed by atoms with van der Waals surface area (Å²) in [6.07, 6.45) is 1.86. The molecule has 1 amide bonds. The Bertz CT molecular complexity index is 985. The number of sulfonamides is 1. The number of hydrogen-bond acceptors (Lipinski definition) is 6. The van der Waals surface area contributed by atoms with E-state index in [4.69, 9.17) is 9.47 Å². The van der Waals surface area contributed by atoms with Crippen LogP contribution in [0.3, 0.4) is 0 Å². The summed E-state index contributed by atoms with van der Waals surface area (Å²) in [5.41, 5.74) is 2.35.